The first-order valence-electron chi connectivity index (χ1n) is 10.4. The van der Waals surface area contributed by atoms with Crippen LogP contribution < -0.4 is 4.72 Å². The van der Waals surface area contributed by atoms with Gasteiger partial charge in [-0.25, -0.2) is 21.6 Å². The normalized spacial score (nSPS) is 16.1. The highest BCUT2D eigenvalue weighted by Crippen LogP contribution is 2.28. The van der Waals surface area contributed by atoms with Gasteiger partial charge in [0.2, 0.25) is 10.0 Å². The number of amides is 1. The van der Waals surface area contributed by atoms with E-state index in [-0.39, 0.29) is 18.7 Å². The highest BCUT2D eigenvalue weighted by molar-refractivity contribution is 7.92. The Kier molecular flexibility index (Phi) is 7.45. The Labute approximate surface area is 187 Å². The van der Waals surface area contributed by atoms with E-state index in [4.69, 9.17) is 0 Å². The molecule has 10 heteroatoms. The summed E-state index contributed by atoms with van der Waals surface area (Å²) in [6.07, 6.45) is 0.495. The third kappa shape index (κ3) is 5.42. The van der Waals surface area contributed by atoms with Crippen LogP contribution in [0.2, 0.25) is 0 Å². The molecule has 0 saturated carbocycles. The summed E-state index contributed by atoms with van der Waals surface area (Å²) in [4.78, 5) is 16.2. The summed E-state index contributed by atoms with van der Waals surface area (Å²) in [5, 5.41) is 0. The van der Waals surface area contributed by atoms with Crippen molar-refractivity contribution in [1.29, 1.82) is 0 Å². The zero-order valence-corrected chi connectivity index (χ0v) is 18.8. The van der Waals surface area contributed by atoms with Crippen LogP contribution in [0.15, 0.2) is 36.4 Å². The Balaban J connectivity index is 0.00000385. The van der Waals surface area contributed by atoms with E-state index in [2.05, 4.69) is 4.72 Å². The van der Waals surface area contributed by atoms with Crippen molar-refractivity contribution < 1.29 is 27.8 Å². The number of nitrogens with zero attached hydrogens (tertiary/aromatic N) is 2. The van der Waals surface area contributed by atoms with Gasteiger partial charge in [-0.2, -0.15) is 0 Å². The van der Waals surface area contributed by atoms with Crippen LogP contribution in [0.4, 0.5) is 18.9 Å². The molecule has 6 nitrogen and oxygen atoms in total. The number of benzene rings is 2. The molecular formula is C22H28F3N3O3S. The molecule has 0 aromatic heterocycles. The lowest BCUT2D eigenvalue weighted by Crippen LogP contribution is -2.49. The summed E-state index contributed by atoms with van der Waals surface area (Å²) in [7, 11) is -3.41. The maximum Gasteiger partial charge on any atom is 0.253 e. The van der Waals surface area contributed by atoms with Crippen LogP contribution in [0.25, 0.3) is 0 Å². The Hall–Kier alpha value is -2.59. The summed E-state index contributed by atoms with van der Waals surface area (Å²) in [5.74, 6) is -3.29. The molecule has 176 valence electrons. The van der Waals surface area contributed by atoms with Gasteiger partial charge >= 0.3 is 0 Å². The smallest absolute Gasteiger partial charge is 0.253 e. The van der Waals surface area contributed by atoms with Gasteiger partial charge in [-0.15, -0.1) is 0 Å². The Morgan fingerprint density at radius 2 is 1.62 bits per heavy atom. The number of hydrogen-bond donors (Lipinski definition) is 1. The summed E-state index contributed by atoms with van der Waals surface area (Å²) in [6.45, 7) is 4.80. The van der Waals surface area contributed by atoms with E-state index in [9.17, 15) is 26.4 Å². The Morgan fingerprint density at radius 3 is 2.22 bits per heavy atom. The van der Waals surface area contributed by atoms with Gasteiger partial charge in [-0.05, 0) is 49.7 Å². The minimum Gasteiger partial charge on any atom is -0.336 e. The van der Waals surface area contributed by atoms with Crippen molar-refractivity contribution in [1.82, 2.24) is 9.80 Å². The second kappa shape index (κ2) is 9.91. The highest BCUT2D eigenvalue weighted by atomic mass is 32.2. The quantitative estimate of drug-likeness (QED) is 0.620. The second-order valence-electron chi connectivity index (χ2n) is 7.76. The minimum absolute atomic E-state index is 0. The first-order chi connectivity index (χ1) is 15.1. The lowest BCUT2D eigenvalue weighted by molar-refractivity contribution is 0.0575. The number of rotatable bonds is 7. The van der Waals surface area contributed by atoms with Crippen molar-refractivity contribution in [3.05, 3.63) is 65.0 Å². The van der Waals surface area contributed by atoms with Crippen LogP contribution in [0.5, 0.6) is 0 Å². The maximum atomic E-state index is 14.1. The third-order valence-electron chi connectivity index (χ3n) is 5.52. The molecule has 1 aliphatic heterocycles. The van der Waals surface area contributed by atoms with Gasteiger partial charge < -0.3 is 4.90 Å². The Bertz CT molecular complexity index is 1080. The van der Waals surface area contributed by atoms with Crippen LogP contribution in [0.1, 0.15) is 43.7 Å². The molecule has 3 rings (SSSR count). The molecule has 32 heavy (non-hydrogen) atoms. The molecule has 0 aliphatic carbocycles. The first kappa shape index (κ1) is 24.1. The van der Waals surface area contributed by atoms with Crippen molar-refractivity contribution in [2.45, 2.75) is 26.3 Å². The van der Waals surface area contributed by atoms with Crippen LogP contribution in [0.3, 0.4) is 0 Å². The number of anilines is 1. The van der Waals surface area contributed by atoms with E-state index in [0.29, 0.717) is 43.9 Å². The molecule has 0 spiro atoms. The molecule has 2 aromatic rings. The maximum absolute atomic E-state index is 14.1. The lowest BCUT2D eigenvalue weighted by atomic mass is 10.0. The molecule has 1 saturated heterocycles. The fraction of sp³-hybridized carbons (Fsp3) is 0.409. The molecule has 1 heterocycles. The molecule has 1 N–H and O–H groups in total. The van der Waals surface area contributed by atoms with Gasteiger partial charge in [-0.1, -0.05) is 6.92 Å². The Morgan fingerprint density at radius 1 is 1.03 bits per heavy atom. The van der Waals surface area contributed by atoms with E-state index >= 15 is 0 Å². The van der Waals surface area contributed by atoms with E-state index in [1.165, 1.54) is 12.1 Å². The van der Waals surface area contributed by atoms with Crippen LogP contribution in [0, 0.1) is 17.5 Å². The first-order valence-corrected chi connectivity index (χ1v) is 12.1. The van der Waals surface area contributed by atoms with Crippen molar-refractivity contribution in [3.8, 4) is 0 Å². The standard InChI is InChI=1S/C22H26F3N3O3S.H2/c1-3-14-32(30,31)26-17-6-4-16(5-7-17)22(29)28-12-10-27(11-13-28)15(2)20-18(23)8-9-19(24)21(20)25;/h4-9,15,26H,3,10-14H2,1-2H3;1H. The number of nitrogens with one attached hydrogen (secondary N) is 1. The second-order valence-corrected chi connectivity index (χ2v) is 9.60. The molecule has 0 radical (unpaired) electrons. The van der Waals surface area contributed by atoms with Crippen LogP contribution in [-0.2, 0) is 10.0 Å². The van der Waals surface area contributed by atoms with Gasteiger partial charge in [-0.3, -0.25) is 14.4 Å². The molecular weight excluding hydrogens is 443 g/mol. The lowest BCUT2D eigenvalue weighted by Gasteiger charge is -2.38. The number of piperazine rings is 1. The summed E-state index contributed by atoms with van der Waals surface area (Å²) >= 11 is 0. The fourth-order valence-electron chi connectivity index (χ4n) is 3.78. The highest BCUT2D eigenvalue weighted by Gasteiger charge is 2.29. The zero-order valence-electron chi connectivity index (χ0n) is 17.9. The number of halogens is 3. The number of carbonyl (C=O) groups is 1. The number of hydrogen-bond acceptors (Lipinski definition) is 4. The van der Waals surface area contributed by atoms with Crippen molar-refractivity contribution in [2.75, 3.05) is 36.7 Å². The number of carbonyl (C=O) groups excluding carboxylic acids is 1. The van der Waals surface area contributed by atoms with E-state index in [0.717, 1.165) is 12.1 Å². The van der Waals surface area contributed by atoms with Crippen molar-refractivity contribution in [2.24, 2.45) is 0 Å². The van der Waals surface area contributed by atoms with Crippen LogP contribution in [-0.4, -0.2) is 56.1 Å². The van der Waals surface area contributed by atoms with E-state index < -0.39 is 33.5 Å². The average molecular weight is 472 g/mol. The molecule has 1 aliphatic rings. The largest absolute Gasteiger partial charge is 0.336 e. The topological polar surface area (TPSA) is 69.7 Å². The van der Waals surface area contributed by atoms with Gasteiger partial charge in [0.05, 0.1) is 5.75 Å². The third-order valence-corrected chi connectivity index (χ3v) is 7.02. The van der Waals surface area contributed by atoms with Crippen LogP contribution >= 0.6 is 0 Å². The molecule has 1 unspecified atom stereocenters. The molecule has 1 amide bonds. The molecule has 2 aromatic carbocycles. The monoisotopic (exact) mass is 471 g/mol. The molecule has 0 bridgehead atoms. The summed E-state index contributed by atoms with van der Waals surface area (Å²) < 4.78 is 67.9. The zero-order chi connectivity index (χ0) is 23.5. The fourth-order valence-corrected chi connectivity index (χ4v) is 4.92. The van der Waals surface area contributed by atoms with Gasteiger partial charge in [0.25, 0.3) is 5.91 Å². The molecule has 1 fully saturated rings. The average Bonchev–Trinajstić information content (AvgIpc) is 2.76. The number of sulfonamides is 1. The van der Waals surface area contributed by atoms with Gasteiger partial charge in [0.15, 0.2) is 11.6 Å². The van der Waals surface area contributed by atoms with E-state index in [1.54, 1.807) is 35.8 Å². The predicted octanol–water partition coefficient (Wildman–Crippen LogP) is 4.02. The predicted molar refractivity (Wildman–Crippen MR) is 118 cm³/mol. The van der Waals surface area contributed by atoms with Gasteiger partial charge in [0, 0.05) is 50.5 Å². The van der Waals surface area contributed by atoms with Crippen molar-refractivity contribution >= 4 is 21.6 Å². The molecule has 1 atom stereocenters. The summed E-state index contributed by atoms with van der Waals surface area (Å²) in [6, 6.07) is 7.17. The van der Waals surface area contributed by atoms with Gasteiger partial charge in [0.1, 0.15) is 5.82 Å². The summed E-state index contributed by atoms with van der Waals surface area (Å²) in [5.41, 5.74) is 0.478. The minimum atomic E-state index is -3.41. The SMILES string of the molecule is CCCS(=O)(=O)Nc1ccc(C(=O)N2CCN(C(C)c3c(F)ccc(F)c3F)CC2)cc1.[HH]. The van der Waals surface area contributed by atoms with Crippen molar-refractivity contribution in [3.63, 3.8) is 0 Å². The van der Waals surface area contributed by atoms with E-state index in [1.807, 2.05) is 0 Å².